The molecule has 0 saturated heterocycles. The number of aliphatic hydroxyl groups is 1. The molecule has 2 N–H and O–H groups in total. The smallest absolute Gasteiger partial charge is 0.124 e. The lowest BCUT2D eigenvalue weighted by Gasteiger charge is -2.16. The van der Waals surface area contributed by atoms with Crippen molar-refractivity contribution in [2.24, 2.45) is 7.05 Å². The van der Waals surface area contributed by atoms with E-state index in [-0.39, 0.29) is 0 Å². The summed E-state index contributed by atoms with van der Waals surface area (Å²) in [6.07, 6.45) is 1.33. The van der Waals surface area contributed by atoms with Gasteiger partial charge in [-0.05, 0) is 24.1 Å². The summed E-state index contributed by atoms with van der Waals surface area (Å²) in [5.74, 6) is 1.71. The monoisotopic (exact) mass is 333 g/mol. The normalized spacial score (nSPS) is 12.5. The first-order valence-corrected chi connectivity index (χ1v) is 8.09. The summed E-state index contributed by atoms with van der Waals surface area (Å²) < 4.78 is 12.4. The average molecular weight is 333 g/mol. The molecule has 2 rings (SSSR count). The van der Waals surface area contributed by atoms with Crippen molar-refractivity contribution in [1.29, 1.82) is 0 Å². The van der Waals surface area contributed by atoms with Gasteiger partial charge in [-0.1, -0.05) is 13.8 Å². The van der Waals surface area contributed by atoms with E-state index in [1.165, 1.54) is 0 Å². The first-order valence-electron chi connectivity index (χ1n) is 8.09. The Morgan fingerprint density at radius 1 is 1.25 bits per heavy atom. The molecule has 1 aromatic heterocycles. The maximum atomic E-state index is 10.5. The van der Waals surface area contributed by atoms with Gasteiger partial charge in [0.1, 0.15) is 11.5 Å². The van der Waals surface area contributed by atoms with Crippen molar-refractivity contribution in [2.45, 2.75) is 32.4 Å². The lowest BCUT2D eigenvalue weighted by Crippen LogP contribution is -2.22. The van der Waals surface area contributed by atoms with Crippen LogP contribution in [0.4, 0.5) is 0 Å². The molecular formula is C18H27N3O3. The summed E-state index contributed by atoms with van der Waals surface area (Å²) in [5, 5.41) is 18.3. The van der Waals surface area contributed by atoms with Gasteiger partial charge < -0.3 is 19.9 Å². The van der Waals surface area contributed by atoms with E-state index in [9.17, 15) is 5.11 Å². The number of nitrogens with zero attached hydrogens (tertiary/aromatic N) is 2. The molecule has 1 unspecified atom stereocenters. The van der Waals surface area contributed by atoms with Gasteiger partial charge in [0.25, 0.3) is 0 Å². The molecule has 1 aromatic carbocycles. The van der Waals surface area contributed by atoms with Crippen molar-refractivity contribution in [2.75, 3.05) is 20.8 Å². The van der Waals surface area contributed by atoms with Gasteiger partial charge in [-0.2, -0.15) is 5.10 Å². The van der Waals surface area contributed by atoms with Gasteiger partial charge in [0.05, 0.1) is 26.0 Å². The first-order chi connectivity index (χ1) is 11.5. The highest BCUT2D eigenvalue weighted by molar-refractivity contribution is 5.41. The number of aryl methyl sites for hydroxylation is 1. The molecule has 1 atom stereocenters. The number of aliphatic hydroxyl groups excluding tert-OH is 1. The minimum absolute atomic E-state index is 0.367. The van der Waals surface area contributed by atoms with Gasteiger partial charge in [0.2, 0.25) is 0 Å². The van der Waals surface area contributed by atoms with Gasteiger partial charge in [-0.15, -0.1) is 0 Å². The Bertz CT molecular complexity index is 668. The summed E-state index contributed by atoms with van der Waals surface area (Å²) in [4.78, 5) is 0. The van der Waals surface area contributed by atoms with Crippen LogP contribution in [-0.4, -0.2) is 35.7 Å². The summed E-state index contributed by atoms with van der Waals surface area (Å²) >= 11 is 0. The molecular weight excluding hydrogens is 306 g/mol. The number of hydrogen-bond donors (Lipinski definition) is 2. The number of methoxy groups -OCH3 is 2. The molecule has 2 aromatic rings. The first kappa shape index (κ1) is 18.3. The van der Waals surface area contributed by atoms with E-state index in [0.29, 0.717) is 36.1 Å². The second-order valence-electron chi connectivity index (χ2n) is 6.12. The van der Waals surface area contributed by atoms with Crippen LogP contribution in [0.5, 0.6) is 11.5 Å². The summed E-state index contributed by atoms with van der Waals surface area (Å²) in [5.41, 5.74) is 2.94. The Kier molecular flexibility index (Phi) is 6.23. The predicted molar refractivity (Wildman–Crippen MR) is 93.5 cm³/mol. The van der Waals surface area contributed by atoms with Crippen LogP contribution in [0.3, 0.4) is 0 Å². The van der Waals surface area contributed by atoms with E-state index >= 15 is 0 Å². The van der Waals surface area contributed by atoms with Gasteiger partial charge in [-0.25, -0.2) is 0 Å². The second-order valence-corrected chi connectivity index (χ2v) is 6.12. The van der Waals surface area contributed by atoms with Crippen molar-refractivity contribution in [1.82, 2.24) is 15.1 Å². The molecule has 6 heteroatoms. The number of aromatic nitrogens is 2. The van der Waals surface area contributed by atoms with E-state index in [4.69, 9.17) is 9.47 Å². The number of rotatable bonds is 8. The lowest BCUT2D eigenvalue weighted by molar-refractivity contribution is 0.169. The van der Waals surface area contributed by atoms with Crippen molar-refractivity contribution in [3.8, 4) is 11.5 Å². The van der Waals surface area contributed by atoms with E-state index < -0.39 is 6.10 Å². The summed E-state index contributed by atoms with van der Waals surface area (Å²) in [6, 6.07) is 5.41. The van der Waals surface area contributed by atoms with E-state index in [1.807, 2.05) is 24.0 Å². The molecule has 0 radical (unpaired) electrons. The topological polar surface area (TPSA) is 68.5 Å². The maximum absolute atomic E-state index is 10.5. The minimum Gasteiger partial charge on any atom is -0.497 e. The molecule has 6 nitrogen and oxygen atoms in total. The highest BCUT2D eigenvalue weighted by Crippen LogP contribution is 2.29. The zero-order valence-corrected chi connectivity index (χ0v) is 15.0. The highest BCUT2D eigenvalue weighted by atomic mass is 16.5. The van der Waals surface area contributed by atoms with Gasteiger partial charge in [0, 0.05) is 37.5 Å². The third kappa shape index (κ3) is 4.27. The molecule has 0 aliphatic heterocycles. The second kappa shape index (κ2) is 8.17. The molecule has 1 heterocycles. The molecule has 0 aliphatic carbocycles. The van der Waals surface area contributed by atoms with Crippen LogP contribution in [-0.2, 0) is 13.6 Å². The van der Waals surface area contributed by atoms with Crippen LogP contribution in [0.25, 0.3) is 0 Å². The third-order valence-corrected chi connectivity index (χ3v) is 3.93. The standard InChI is InChI=1S/C18H27N3O3/c1-12(2)18-13(11-21(3)20-18)9-19-10-16(22)15-8-14(23-4)6-7-17(15)24-5/h6-8,11-12,16,19,22H,9-10H2,1-5H3. The quantitative estimate of drug-likeness (QED) is 0.776. The van der Waals surface area contributed by atoms with Crippen molar-refractivity contribution in [3.05, 3.63) is 41.2 Å². The third-order valence-electron chi connectivity index (χ3n) is 3.93. The largest absolute Gasteiger partial charge is 0.497 e. The number of benzene rings is 1. The van der Waals surface area contributed by atoms with Gasteiger partial charge in [-0.3, -0.25) is 4.68 Å². The van der Waals surface area contributed by atoms with E-state index in [1.54, 1.807) is 26.4 Å². The average Bonchev–Trinajstić information content (AvgIpc) is 2.95. The van der Waals surface area contributed by atoms with Crippen LogP contribution in [0, 0.1) is 0 Å². The Morgan fingerprint density at radius 2 is 2.00 bits per heavy atom. The summed E-state index contributed by atoms with van der Waals surface area (Å²) in [6.45, 7) is 5.32. The fourth-order valence-electron chi connectivity index (χ4n) is 2.73. The Labute approximate surface area is 143 Å². The van der Waals surface area contributed by atoms with Crippen molar-refractivity contribution < 1.29 is 14.6 Å². The van der Waals surface area contributed by atoms with Crippen molar-refractivity contribution in [3.63, 3.8) is 0 Å². The van der Waals surface area contributed by atoms with Crippen LogP contribution < -0.4 is 14.8 Å². The fraction of sp³-hybridized carbons (Fsp3) is 0.500. The van der Waals surface area contributed by atoms with Gasteiger partial charge in [0.15, 0.2) is 0 Å². The Balaban J connectivity index is 2.02. The Morgan fingerprint density at radius 3 is 2.62 bits per heavy atom. The van der Waals surface area contributed by atoms with E-state index in [2.05, 4.69) is 24.3 Å². The lowest BCUT2D eigenvalue weighted by atomic mass is 10.1. The predicted octanol–water partition coefficient (Wildman–Crippen LogP) is 2.38. The number of nitrogens with one attached hydrogen (secondary N) is 1. The molecule has 0 aliphatic rings. The van der Waals surface area contributed by atoms with Crippen LogP contribution >= 0.6 is 0 Å². The minimum atomic E-state index is -0.686. The molecule has 0 saturated carbocycles. The molecule has 132 valence electrons. The zero-order chi connectivity index (χ0) is 17.7. The van der Waals surface area contributed by atoms with E-state index in [0.717, 1.165) is 11.3 Å². The van der Waals surface area contributed by atoms with Crippen molar-refractivity contribution >= 4 is 0 Å². The SMILES string of the molecule is COc1ccc(OC)c(C(O)CNCc2cn(C)nc2C(C)C)c1. The molecule has 0 bridgehead atoms. The van der Waals surface area contributed by atoms with Crippen LogP contribution in [0.15, 0.2) is 24.4 Å². The number of ether oxygens (including phenoxy) is 2. The fourth-order valence-corrected chi connectivity index (χ4v) is 2.73. The summed E-state index contributed by atoms with van der Waals surface area (Å²) in [7, 11) is 5.12. The van der Waals surface area contributed by atoms with Crippen LogP contribution in [0.1, 0.15) is 42.7 Å². The van der Waals surface area contributed by atoms with Gasteiger partial charge >= 0.3 is 0 Å². The molecule has 0 amide bonds. The Hall–Kier alpha value is -2.05. The van der Waals surface area contributed by atoms with Crippen LogP contribution in [0.2, 0.25) is 0 Å². The molecule has 24 heavy (non-hydrogen) atoms. The zero-order valence-electron chi connectivity index (χ0n) is 15.0. The number of hydrogen-bond acceptors (Lipinski definition) is 5. The molecule has 0 spiro atoms. The molecule has 0 fully saturated rings. The highest BCUT2D eigenvalue weighted by Gasteiger charge is 2.16. The maximum Gasteiger partial charge on any atom is 0.124 e.